The highest BCUT2D eigenvalue weighted by molar-refractivity contribution is 6.05. The number of nitro groups is 1. The molecule has 0 heterocycles. The number of nitro benzene ring substituents is 1. The lowest BCUT2D eigenvalue weighted by Gasteiger charge is -2.06. The number of hydrogen-bond acceptors (Lipinski definition) is 5. The lowest BCUT2D eigenvalue weighted by atomic mass is 10.1. The van der Waals surface area contributed by atoms with Gasteiger partial charge in [0, 0.05) is 23.4 Å². The Hall–Kier alpha value is -3.22. The molecule has 0 saturated carbocycles. The van der Waals surface area contributed by atoms with E-state index in [1.807, 2.05) is 0 Å². The van der Waals surface area contributed by atoms with E-state index in [0.29, 0.717) is 5.69 Å². The molecule has 0 spiro atoms. The first-order valence-electron chi connectivity index (χ1n) is 6.25. The first-order valence-corrected chi connectivity index (χ1v) is 6.25. The number of nitrogens with zero attached hydrogens (tertiary/aromatic N) is 1. The van der Waals surface area contributed by atoms with Gasteiger partial charge in [0.15, 0.2) is 0 Å². The molecule has 22 heavy (non-hydrogen) atoms. The summed E-state index contributed by atoms with van der Waals surface area (Å²) in [5, 5.41) is 13.2. The molecule has 2 rings (SSSR count). The second kappa shape index (κ2) is 6.49. The fourth-order valence-corrected chi connectivity index (χ4v) is 1.77. The van der Waals surface area contributed by atoms with Gasteiger partial charge in [-0.05, 0) is 30.3 Å². The molecule has 0 fully saturated rings. The molecule has 0 aliphatic heterocycles. The minimum absolute atomic E-state index is 0.0642. The van der Waals surface area contributed by atoms with Crippen molar-refractivity contribution in [2.45, 2.75) is 0 Å². The monoisotopic (exact) mass is 300 g/mol. The summed E-state index contributed by atoms with van der Waals surface area (Å²) >= 11 is 0. The van der Waals surface area contributed by atoms with Crippen LogP contribution in [0.1, 0.15) is 20.7 Å². The maximum atomic E-state index is 12.1. The van der Waals surface area contributed by atoms with Crippen LogP contribution in [0.2, 0.25) is 0 Å². The molecule has 0 bridgehead atoms. The summed E-state index contributed by atoms with van der Waals surface area (Å²) in [6, 6.07) is 11.5. The zero-order valence-electron chi connectivity index (χ0n) is 11.6. The minimum atomic E-state index is -0.537. The number of nitrogens with one attached hydrogen (secondary N) is 1. The second-order valence-corrected chi connectivity index (χ2v) is 4.33. The molecule has 0 saturated heterocycles. The van der Waals surface area contributed by atoms with E-state index in [4.69, 9.17) is 0 Å². The summed E-state index contributed by atoms with van der Waals surface area (Å²) in [6.07, 6.45) is 0. The summed E-state index contributed by atoms with van der Waals surface area (Å²) in [4.78, 5) is 33.6. The third-order valence-electron chi connectivity index (χ3n) is 2.88. The van der Waals surface area contributed by atoms with E-state index in [1.165, 1.54) is 43.5 Å². The van der Waals surface area contributed by atoms with E-state index in [1.54, 1.807) is 12.1 Å². The Kier molecular flexibility index (Phi) is 4.47. The maximum absolute atomic E-state index is 12.1. The predicted octanol–water partition coefficient (Wildman–Crippen LogP) is 2.63. The van der Waals surface area contributed by atoms with Crippen molar-refractivity contribution in [3.63, 3.8) is 0 Å². The maximum Gasteiger partial charge on any atom is 0.337 e. The quantitative estimate of drug-likeness (QED) is 0.531. The molecular formula is C15H12N2O5. The number of carbonyl (C=O) groups is 2. The van der Waals surface area contributed by atoms with Crippen LogP contribution in [-0.4, -0.2) is 23.9 Å². The van der Waals surface area contributed by atoms with Crippen LogP contribution in [-0.2, 0) is 4.74 Å². The van der Waals surface area contributed by atoms with Crippen molar-refractivity contribution in [3.05, 3.63) is 69.8 Å². The lowest BCUT2D eigenvalue weighted by Crippen LogP contribution is -2.13. The highest BCUT2D eigenvalue weighted by atomic mass is 16.6. The topological polar surface area (TPSA) is 98.5 Å². The molecule has 1 N–H and O–H groups in total. The van der Waals surface area contributed by atoms with Crippen LogP contribution in [0, 0.1) is 10.1 Å². The summed E-state index contributed by atoms with van der Waals surface area (Å²) in [5.41, 5.74) is 0.893. The van der Waals surface area contributed by atoms with Crippen LogP contribution in [0.25, 0.3) is 0 Å². The van der Waals surface area contributed by atoms with Crippen molar-refractivity contribution in [1.82, 2.24) is 0 Å². The number of non-ortho nitro benzene ring substituents is 1. The molecule has 0 atom stereocenters. The first kappa shape index (κ1) is 15.2. The fourth-order valence-electron chi connectivity index (χ4n) is 1.77. The van der Waals surface area contributed by atoms with E-state index in [-0.39, 0.29) is 16.8 Å². The number of benzene rings is 2. The van der Waals surface area contributed by atoms with Gasteiger partial charge >= 0.3 is 5.97 Å². The summed E-state index contributed by atoms with van der Waals surface area (Å²) in [7, 11) is 1.26. The third kappa shape index (κ3) is 3.45. The molecule has 0 radical (unpaired) electrons. The molecule has 2 aromatic rings. The Bertz CT molecular complexity index is 725. The van der Waals surface area contributed by atoms with E-state index in [2.05, 4.69) is 10.1 Å². The number of anilines is 1. The highest BCUT2D eigenvalue weighted by Gasteiger charge is 2.11. The van der Waals surface area contributed by atoms with Gasteiger partial charge in [-0.25, -0.2) is 4.79 Å². The smallest absolute Gasteiger partial charge is 0.337 e. The number of carbonyl (C=O) groups excluding carboxylic acids is 2. The Balaban J connectivity index is 2.15. The van der Waals surface area contributed by atoms with Gasteiger partial charge in [0.25, 0.3) is 11.6 Å². The number of ether oxygens (including phenoxy) is 1. The van der Waals surface area contributed by atoms with Crippen molar-refractivity contribution in [3.8, 4) is 0 Å². The molecule has 2 aromatic carbocycles. The van der Waals surface area contributed by atoms with Crippen LogP contribution in [0.5, 0.6) is 0 Å². The van der Waals surface area contributed by atoms with Crippen molar-refractivity contribution < 1.29 is 19.2 Å². The van der Waals surface area contributed by atoms with Crippen molar-refractivity contribution in [1.29, 1.82) is 0 Å². The van der Waals surface area contributed by atoms with Crippen LogP contribution < -0.4 is 5.32 Å². The number of amides is 1. The molecule has 0 aliphatic rings. The van der Waals surface area contributed by atoms with E-state index < -0.39 is 16.8 Å². The predicted molar refractivity (Wildman–Crippen MR) is 78.8 cm³/mol. The summed E-state index contributed by atoms with van der Waals surface area (Å²) < 4.78 is 4.59. The standard InChI is InChI=1S/C15H12N2O5/c1-22-15(19)11-4-2-3-10(9-11)14(18)16-12-5-7-13(8-6-12)17(20)21/h2-9H,1H3,(H,16,18). The number of methoxy groups -OCH3 is 1. The van der Waals surface area contributed by atoms with Crippen LogP contribution in [0.15, 0.2) is 48.5 Å². The van der Waals surface area contributed by atoms with Gasteiger partial charge in [0.05, 0.1) is 17.6 Å². The van der Waals surface area contributed by atoms with E-state index in [9.17, 15) is 19.7 Å². The molecule has 112 valence electrons. The van der Waals surface area contributed by atoms with Crippen LogP contribution in [0.4, 0.5) is 11.4 Å². The average molecular weight is 300 g/mol. The molecule has 7 heteroatoms. The van der Waals surface area contributed by atoms with E-state index >= 15 is 0 Å². The molecule has 0 aromatic heterocycles. The van der Waals surface area contributed by atoms with Gasteiger partial charge < -0.3 is 10.1 Å². The zero-order chi connectivity index (χ0) is 16.1. The van der Waals surface area contributed by atoms with Crippen LogP contribution in [0.3, 0.4) is 0 Å². The minimum Gasteiger partial charge on any atom is -0.465 e. The van der Waals surface area contributed by atoms with Gasteiger partial charge in [0.2, 0.25) is 0 Å². The fraction of sp³-hybridized carbons (Fsp3) is 0.0667. The lowest BCUT2D eigenvalue weighted by molar-refractivity contribution is -0.384. The number of hydrogen-bond donors (Lipinski definition) is 1. The molecular weight excluding hydrogens is 288 g/mol. The van der Waals surface area contributed by atoms with Gasteiger partial charge in [-0.2, -0.15) is 0 Å². The van der Waals surface area contributed by atoms with Gasteiger partial charge in [-0.1, -0.05) is 6.07 Å². The Morgan fingerprint density at radius 1 is 1.09 bits per heavy atom. The number of esters is 1. The van der Waals surface area contributed by atoms with E-state index in [0.717, 1.165) is 0 Å². The molecule has 0 aliphatic carbocycles. The van der Waals surface area contributed by atoms with Crippen LogP contribution >= 0.6 is 0 Å². The Morgan fingerprint density at radius 3 is 2.32 bits per heavy atom. The summed E-state index contributed by atoms with van der Waals surface area (Å²) in [5.74, 6) is -0.968. The molecule has 0 unspecified atom stereocenters. The normalized spacial score (nSPS) is 9.86. The largest absolute Gasteiger partial charge is 0.465 e. The average Bonchev–Trinajstić information content (AvgIpc) is 2.54. The van der Waals surface area contributed by atoms with Crippen molar-refractivity contribution in [2.24, 2.45) is 0 Å². The Labute approximate surface area is 125 Å². The second-order valence-electron chi connectivity index (χ2n) is 4.33. The molecule has 7 nitrogen and oxygen atoms in total. The van der Waals surface area contributed by atoms with Gasteiger partial charge in [-0.3, -0.25) is 14.9 Å². The third-order valence-corrected chi connectivity index (χ3v) is 2.88. The van der Waals surface area contributed by atoms with Crippen molar-refractivity contribution in [2.75, 3.05) is 12.4 Å². The first-order chi connectivity index (χ1) is 10.5. The molecule has 1 amide bonds. The highest BCUT2D eigenvalue weighted by Crippen LogP contribution is 2.16. The Morgan fingerprint density at radius 2 is 1.73 bits per heavy atom. The SMILES string of the molecule is COC(=O)c1cccc(C(=O)Nc2ccc([N+](=O)[O-])cc2)c1. The van der Waals surface area contributed by atoms with Gasteiger partial charge in [0.1, 0.15) is 0 Å². The van der Waals surface area contributed by atoms with Gasteiger partial charge in [-0.15, -0.1) is 0 Å². The summed E-state index contributed by atoms with van der Waals surface area (Å²) in [6.45, 7) is 0. The number of rotatable bonds is 4. The zero-order valence-corrected chi connectivity index (χ0v) is 11.6. The van der Waals surface area contributed by atoms with Crippen molar-refractivity contribution >= 4 is 23.3 Å².